The molecule has 1 aliphatic rings. The van der Waals surface area contributed by atoms with E-state index in [-0.39, 0.29) is 24.7 Å². The number of benzene rings is 2. The quantitative estimate of drug-likeness (QED) is 0.817. The molecule has 25 heavy (non-hydrogen) atoms. The first kappa shape index (κ1) is 16.7. The third kappa shape index (κ3) is 3.68. The predicted molar refractivity (Wildman–Crippen MR) is 93.5 cm³/mol. The minimum absolute atomic E-state index is 0.0532. The fraction of sp³-hybridized carbons (Fsp3) is 0.211. The van der Waals surface area contributed by atoms with Crippen LogP contribution >= 0.6 is 0 Å². The first-order valence-corrected chi connectivity index (χ1v) is 7.95. The summed E-state index contributed by atoms with van der Waals surface area (Å²) in [6, 6.07) is 13.4. The lowest BCUT2D eigenvalue weighted by atomic mass is 10.1. The van der Waals surface area contributed by atoms with Gasteiger partial charge in [0.1, 0.15) is 6.04 Å². The van der Waals surface area contributed by atoms with Crippen LogP contribution in [0, 0.1) is 6.92 Å². The lowest BCUT2D eigenvalue weighted by Crippen LogP contribution is -2.34. The van der Waals surface area contributed by atoms with Crippen LogP contribution in [-0.2, 0) is 20.8 Å². The molecular formula is C19H18N2O4. The summed E-state index contributed by atoms with van der Waals surface area (Å²) in [5.41, 5.74) is 2.97. The molecule has 6 heteroatoms. The van der Waals surface area contributed by atoms with Crippen molar-refractivity contribution in [3.05, 3.63) is 59.7 Å². The van der Waals surface area contributed by atoms with Gasteiger partial charge in [0, 0.05) is 5.69 Å². The van der Waals surface area contributed by atoms with Gasteiger partial charge in [-0.05, 0) is 36.8 Å². The minimum atomic E-state index is -0.897. The lowest BCUT2D eigenvalue weighted by molar-refractivity contribution is -0.136. The number of hydrogen-bond donors (Lipinski definition) is 2. The normalized spacial score (nSPS) is 17.0. The number of hydrogen-bond acceptors (Lipinski definition) is 4. The molecule has 0 bridgehead atoms. The molecule has 1 saturated heterocycles. The van der Waals surface area contributed by atoms with Crippen molar-refractivity contribution in [2.75, 3.05) is 10.2 Å². The first-order valence-electron chi connectivity index (χ1n) is 7.95. The fourth-order valence-corrected chi connectivity index (χ4v) is 2.80. The van der Waals surface area contributed by atoms with E-state index in [1.54, 1.807) is 36.4 Å². The Labute approximate surface area is 145 Å². The number of nitrogens with zero attached hydrogens (tertiary/aromatic N) is 1. The largest absolute Gasteiger partial charge is 0.481 e. The van der Waals surface area contributed by atoms with Gasteiger partial charge in [0.05, 0.1) is 18.5 Å². The second-order valence-electron chi connectivity index (χ2n) is 6.07. The van der Waals surface area contributed by atoms with Gasteiger partial charge in [-0.25, -0.2) is 4.90 Å². The lowest BCUT2D eigenvalue weighted by Gasteiger charge is -2.16. The van der Waals surface area contributed by atoms with E-state index in [9.17, 15) is 14.4 Å². The Bertz CT molecular complexity index is 812. The van der Waals surface area contributed by atoms with Gasteiger partial charge in [0.15, 0.2) is 0 Å². The molecule has 0 spiro atoms. The Morgan fingerprint density at radius 3 is 2.36 bits per heavy atom. The fourth-order valence-electron chi connectivity index (χ4n) is 2.80. The maximum absolute atomic E-state index is 12.6. The molecule has 0 aliphatic carbocycles. The molecule has 6 nitrogen and oxygen atoms in total. The SMILES string of the molecule is Cc1ccc(N2C(=O)C[C@@H](Nc3ccc(CC(=O)O)cc3)C2=O)cc1. The second-order valence-corrected chi connectivity index (χ2v) is 6.07. The van der Waals surface area contributed by atoms with Crippen molar-refractivity contribution >= 4 is 29.2 Å². The predicted octanol–water partition coefficient (Wildman–Crippen LogP) is 2.37. The molecule has 2 aromatic rings. The molecule has 2 amide bonds. The van der Waals surface area contributed by atoms with E-state index in [1.807, 2.05) is 19.1 Å². The van der Waals surface area contributed by atoms with Crippen molar-refractivity contribution in [2.45, 2.75) is 25.8 Å². The highest BCUT2D eigenvalue weighted by Gasteiger charge is 2.39. The summed E-state index contributed by atoms with van der Waals surface area (Å²) in [5.74, 6) is -1.43. The van der Waals surface area contributed by atoms with Crippen molar-refractivity contribution < 1.29 is 19.5 Å². The van der Waals surface area contributed by atoms with Gasteiger partial charge >= 0.3 is 5.97 Å². The molecule has 0 radical (unpaired) electrons. The topological polar surface area (TPSA) is 86.7 Å². The summed E-state index contributed by atoms with van der Waals surface area (Å²) < 4.78 is 0. The molecule has 1 fully saturated rings. The smallest absolute Gasteiger partial charge is 0.307 e. The minimum Gasteiger partial charge on any atom is -0.481 e. The number of nitrogens with one attached hydrogen (secondary N) is 1. The average molecular weight is 338 g/mol. The number of carbonyl (C=O) groups is 3. The van der Waals surface area contributed by atoms with E-state index in [1.165, 1.54) is 4.90 Å². The Morgan fingerprint density at radius 2 is 1.76 bits per heavy atom. The number of carboxylic acids is 1. The number of aryl methyl sites for hydroxylation is 1. The summed E-state index contributed by atoms with van der Waals surface area (Å²) in [7, 11) is 0. The van der Waals surface area contributed by atoms with Crippen LogP contribution in [0.2, 0.25) is 0 Å². The summed E-state index contributed by atoms with van der Waals surface area (Å²) in [4.78, 5) is 36.7. The highest BCUT2D eigenvalue weighted by molar-refractivity contribution is 6.23. The van der Waals surface area contributed by atoms with Crippen LogP contribution in [0.4, 0.5) is 11.4 Å². The molecule has 3 rings (SSSR count). The van der Waals surface area contributed by atoms with Crippen molar-refractivity contribution in [1.82, 2.24) is 0 Å². The maximum atomic E-state index is 12.6. The third-order valence-corrected chi connectivity index (χ3v) is 4.09. The monoisotopic (exact) mass is 338 g/mol. The number of carbonyl (C=O) groups excluding carboxylic acids is 2. The van der Waals surface area contributed by atoms with E-state index in [0.29, 0.717) is 16.9 Å². The number of imide groups is 1. The van der Waals surface area contributed by atoms with Crippen LogP contribution in [0.15, 0.2) is 48.5 Å². The van der Waals surface area contributed by atoms with E-state index in [2.05, 4.69) is 5.32 Å². The van der Waals surface area contributed by atoms with Gasteiger partial charge in [0.25, 0.3) is 5.91 Å². The number of anilines is 2. The Hall–Kier alpha value is -3.15. The Morgan fingerprint density at radius 1 is 1.12 bits per heavy atom. The van der Waals surface area contributed by atoms with Crippen LogP contribution < -0.4 is 10.2 Å². The zero-order valence-electron chi connectivity index (χ0n) is 13.7. The molecule has 0 unspecified atom stereocenters. The number of aliphatic carboxylic acids is 1. The Balaban J connectivity index is 1.71. The van der Waals surface area contributed by atoms with Crippen LogP contribution in [0.25, 0.3) is 0 Å². The Kier molecular flexibility index (Phi) is 4.52. The van der Waals surface area contributed by atoms with Gasteiger partial charge in [-0.15, -0.1) is 0 Å². The van der Waals surface area contributed by atoms with Crippen molar-refractivity contribution in [1.29, 1.82) is 0 Å². The van der Waals surface area contributed by atoms with Gasteiger partial charge < -0.3 is 10.4 Å². The average Bonchev–Trinajstić information content (AvgIpc) is 2.84. The molecular weight excluding hydrogens is 320 g/mol. The van der Waals surface area contributed by atoms with Crippen LogP contribution in [0.3, 0.4) is 0 Å². The summed E-state index contributed by atoms with van der Waals surface area (Å²) in [6.07, 6.45) is 0.0336. The van der Waals surface area contributed by atoms with Crippen molar-refractivity contribution in [3.63, 3.8) is 0 Å². The highest BCUT2D eigenvalue weighted by atomic mass is 16.4. The molecule has 2 aromatic carbocycles. The number of amides is 2. The maximum Gasteiger partial charge on any atom is 0.307 e. The van der Waals surface area contributed by atoms with Crippen LogP contribution in [0.1, 0.15) is 17.5 Å². The van der Waals surface area contributed by atoms with Crippen LogP contribution in [-0.4, -0.2) is 28.9 Å². The van der Waals surface area contributed by atoms with Gasteiger partial charge in [-0.1, -0.05) is 29.8 Å². The van der Waals surface area contributed by atoms with E-state index >= 15 is 0 Å². The molecule has 1 heterocycles. The zero-order chi connectivity index (χ0) is 18.0. The highest BCUT2D eigenvalue weighted by Crippen LogP contribution is 2.25. The van der Waals surface area contributed by atoms with E-state index in [0.717, 1.165) is 5.56 Å². The molecule has 0 saturated carbocycles. The van der Waals surface area contributed by atoms with Gasteiger partial charge in [0.2, 0.25) is 5.91 Å². The number of rotatable bonds is 5. The standard InChI is InChI=1S/C19H18N2O4/c1-12-2-8-15(9-3-12)21-17(22)11-16(19(21)25)20-14-6-4-13(5-7-14)10-18(23)24/h2-9,16,20H,10-11H2,1H3,(H,23,24)/t16-/m1/s1. The van der Waals surface area contributed by atoms with Crippen LogP contribution in [0.5, 0.6) is 0 Å². The molecule has 1 atom stereocenters. The van der Waals surface area contributed by atoms with Crippen molar-refractivity contribution in [2.24, 2.45) is 0 Å². The third-order valence-electron chi connectivity index (χ3n) is 4.09. The summed E-state index contributed by atoms with van der Waals surface area (Å²) in [6.45, 7) is 1.94. The first-order chi connectivity index (χ1) is 11.9. The van der Waals surface area contributed by atoms with Crippen molar-refractivity contribution in [3.8, 4) is 0 Å². The molecule has 0 aromatic heterocycles. The van der Waals surface area contributed by atoms with Gasteiger partial charge in [-0.3, -0.25) is 14.4 Å². The van der Waals surface area contributed by atoms with E-state index in [4.69, 9.17) is 5.11 Å². The number of carboxylic acid groups (broad SMARTS) is 1. The second kappa shape index (κ2) is 6.76. The molecule has 2 N–H and O–H groups in total. The molecule has 1 aliphatic heterocycles. The van der Waals surface area contributed by atoms with Gasteiger partial charge in [-0.2, -0.15) is 0 Å². The summed E-state index contributed by atoms with van der Waals surface area (Å²) in [5, 5.41) is 11.8. The zero-order valence-corrected chi connectivity index (χ0v) is 13.7. The van der Waals surface area contributed by atoms with E-state index < -0.39 is 12.0 Å². The summed E-state index contributed by atoms with van der Waals surface area (Å²) >= 11 is 0. The molecule has 128 valence electrons.